The van der Waals surface area contributed by atoms with Crippen molar-refractivity contribution in [3.05, 3.63) is 24.3 Å². The van der Waals surface area contributed by atoms with Crippen molar-refractivity contribution >= 4 is 29.8 Å². The van der Waals surface area contributed by atoms with Crippen LogP contribution in [-0.2, 0) is 19.1 Å². The third kappa shape index (κ3) is 3.41. The van der Waals surface area contributed by atoms with Crippen molar-refractivity contribution in [3.63, 3.8) is 0 Å². The first-order valence-corrected chi connectivity index (χ1v) is 10.5. The molecule has 1 aliphatic heterocycles. The molecule has 0 bridgehead atoms. The zero-order chi connectivity index (χ0) is 15.8. The second-order valence-electron chi connectivity index (χ2n) is 5.48. The van der Waals surface area contributed by atoms with Gasteiger partial charge in [-0.15, -0.1) is 0 Å². The second kappa shape index (κ2) is 5.87. The number of rotatable bonds is 4. The Labute approximate surface area is 130 Å². The predicted molar refractivity (Wildman–Crippen MR) is 81.2 cm³/mol. The molecule has 1 aliphatic rings. The molecule has 1 aromatic rings. The van der Waals surface area contributed by atoms with Gasteiger partial charge in [0.25, 0.3) is 9.05 Å². The highest BCUT2D eigenvalue weighted by Gasteiger charge is 2.37. The highest BCUT2D eigenvalue weighted by atomic mass is 35.7. The summed E-state index contributed by atoms with van der Waals surface area (Å²) in [5, 5.41) is 0. The van der Waals surface area contributed by atoms with E-state index in [1.807, 2.05) is 13.8 Å². The van der Waals surface area contributed by atoms with Crippen molar-refractivity contribution in [2.75, 3.05) is 6.54 Å². The van der Waals surface area contributed by atoms with E-state index in [0.29, 0.717) is 6.54 Å². The van der Waals surface area contributed by atoms with Crippen LogP contribution in [-0.4, -0.2) is 33.7 Å². The molecule has 0 saturated carbocycles. The summed E-state index contributed by atoms with van der Waals surface area (Å²) in [5.41, 5.74) is 0. The fraction of sp³-hybridized carbons (Fsp3) is 0.538. The summed E-state index contributed by atoms with van der Waals surface area (Å²) in [6, 6.07) is 5.14. The fourth-order valence-corrected chi connectivity index (χ4v) is 5.40. The lowest BCUT2D eigenvalue weighted by molar-refractivity contribution is 0.315. The van der Waals surface area contributed by atoms with E-state index in [1.54, 1.807) is 0 Å². The van der Waals surface area contributed by atoms with Crippen LogP contribution in [0.3, 0.4) is 0 Å². The fourth-order valence-electron chi connectivity index (χ4n) is 2.65. The van der Waals surface area contributed by atoms with Gasteiger partial charge in [0, 0.05) is 23.3 Å². The predicted octanol–water partition coefficient (Wildman–Crippen LogP) is 2.42. The SMILES string of the molecule is CC(C)C1CCCN1S(=O)(=O)c1cccc(S(=O)(=O)Cl)c1. The molecule has 21 heavy (non-hydrogen) atoms. The van der Waals surface area contributed by atoms with E-state index >= 15 is 0 Å². The molecular formula is C13H18ClNO4S2. The maximum Gasteiger partial charge on any atom is 0.261 e. The molecule has 0 spiro atoms. The molecule has 1 unspecified atom stereocenters. The second-order valence-corrected chi connectivity index (χ2v) is 9.94. The van der Waals surface area contributed by atoms with E-state index < -0.39 is 19.1 Å². The van der Waals surface area contributed by atoms with Gasteiger partial charge in [-0.25, -0.2) is 16.8 Å². The Balaban J connectivity index is 2.45. The largest absolute Gasteiger partial charge is 0.261 e. The Kier molecular flexibility index (Phi) is 4.68. The maximum absolute atomic E-state index is 12.7. The Morgan fingerprint density at radius 1 is 1.19 bits per heavy atom. The molecule has 8 heteroatoms. The Morgan fingerprint density at radius 3 is 2.38 bits per heavy atom. The number of hydrogen-bond acceptors (Lipinski definition) is 4. The minimum Gasteiger partial charge on any atom is -0.207 e. The third-order valence-corrected chi connectivity index (χ3v) is 6.98. The number of halogens is 1. The smallest absolute Gasteiger partial charge is 0.207 e. The molecular weight excluding hydrogens is 334 g/mol. The summed E-state index contributed by atoms with van der Waals surface area (Å²) in [5.74, 6) is 0.210. The zero-order valence-corrected chi connectivity index (χ0v) is 14.2. The summed E-state index contributed by atoms with van der Waals surface area (Å²) in [4.78, 5) is -0.234. The van der Waals surface area contributed by atoms with Gasteiger partial charge in [-0.3, -0.25) is 0 Å². The molecule has 0 radical (unpaired) electrons. The Hall–Kier alpha value is -0.630. The average molecular weight is 352 g/mol. The van der Waals surface area contributed by atoms with E-state index in [4.69, 9.17) is 10.7 Å². The minimum absolute atomic E-state index is 0.0308. The summed E-state index contributed by atoms with van der Waals surface area (Å²) in [6.07, 6.45) is 1.64. The molecule has 118 valence electrons. The van der Waals surface area contributed by atoms with Crippen LogP contribution >= 0.6 is 10.7 Å². The first kappa shape index (κ1) is 16.7. The zero-order valence-electron chi connectivity index (χ0n) is 11.9. The Morgan fingerprint density at radius 2 is 1.81 bits per heavy atom. The summed E-state index contributed by atoms with van der Waals surface area (Å²) in [6.45, 7) is 4.43. The molecule has 0 amide bonds. The molecule has 1 saturated heterocycles. The highest BCUT2D eigenvalue weighted by molar-refractivity contribution is 8.13. The lowest BCUT2D eigenvalue weighted by Gasteiger charge is -2.27. The molecule has 1 heterocycles. The number of benzene rings is 1. The van der Waals surface area contributed by atoms with Crippen molar-refractivity contribution in [2.45, 2.75) is 42.5 Å². The van der Waals surface area contributed by atoms with Gasteiger partial charge in [-0.1, -0.05) is 19.9 Å². The van der Waals surface area contributed by atoms with Crippen LogP contribution in [0.2, 0.25) is 0 Å². The van der Waals surface area contributed by atoms with Crippen molar-refractivity contribution in [2.24, 2.45) is 5.92 Å². The summed E-state index contributed by atoms with van der Waals surface area (Å²) < 4.78 is 49.6. The van der Waals surface area contributed by atoms with Crippen LogP contribution in [0.15, 0.2) is 34.1 Å². The summed E-state index contributed by atoms with van der Waals surface area (Å²) >= 11 is 0. The van der Waals surface area contributed by atoms with Gasteiger partial charge in [0.15, 0.2) is 0 Å². The van der Waals surface area contributed by atoms with Gasteiger partial charge in [0.1, 0.15) is 0 Å². The highest BCUT2D eigenvalue weighted by Crippen LogP contribution is 2.31. The van der Waals surface area contributed by atoms with Crippen LogP contribution in [0.4, 0.5) is 0 Å². The number of hydrogen-bond donors (Lipinski definition) is 0. The van der Waals surface area contributed by atoms with Gasteiger partial charge in [0.05, 0.1) is 9.79 Å². The van der Waals surface area contributed by atoms with Crippen LogP contribution < -0.4 is 0 Å². The van der Waals surface area contributed by atoms with E-state index in [1.165, 1.54) is 22.5 Å². The normalized spacial score (nSPS) is 21.0. The molecule has 5 nitrogen and oxygen atoms in total. The van der Waals surface area contributed by atoms with Gasteiger partial charge in [0.2, 0.25) is 10.0 Å². The number of nitrogens with zero attached hydrogens (tertiary/aromatic N) is 1. The topological polar surface area (TPSA) is 71.5 Å². The first-order chi connectivity index (χ1) is 9.64. The molecule has 0 aromatic heterocycles. The van der Waals surface area contributed by atoms with E-state index in [0.717, 1.165) is 18.9 Å². The molecule has 0 N–H and O–H groups in total. The van der Waals surface area contributed by atoms with Crippen LogP contribution in [0.25, 0.3) is 0 Å². The monoisotopic (exact) mass is 351 g/mol. The van der Waals surface area contributed by atoms with Crippen LogP contribution in [0.5, 0.6) is 0 Å². The lowest BCUT2D eigenvalue weighted by atomic mass is 10.0. The Bertz CT molecular complexity index is 728. The van der Waals surface area contributed by atoms with Crippen molar-refractivity contribution in [3.8, 4) is 0 Å². The van der Waals surface area contributed by atoms with Crippen molar-refractivity contribution < 1.29 is 16.8 Å². The average Bonchev–Trinajstić information content (AvgIpc) is 2.88. The number of sulfonamides is 1. The molecule has 0 aliphatic carbocycles. The van der Waals surface area contributed by atoms with E-state index in [2.05, 4.69) is 0 Å². The van der Waals surface area contributed by atoms with Crippen molar-refractivity contribution in [1.82, 2.24) is 4.31 Å². The van der Waals surface area contributed by atoms with Gasteiger partial charge in [-0.05, 0) is 37.0 Å². The quantitative estimate of drug-likeness (QED) is 0.781. The van der Waals surface area contributed by atoms with Gasteiger partial charge >= 0.3 is 0 Å². The minimum atomic E-state index is -3.95. The standard InChI is InChI=1S/C13H18ClNO4S2/c1-10(2)13-7-4-8-15(13)21(18,19)12-6-3-5-11(9-12)20(14,16)17/h3,5-6,9-10,13H,4,7-8H2,1-2H3. The van der Waals surface area contributed by atoms with Gasteiger partial charge in [-0.2, -0.15) is 4.31 Å². The molecule has 1 fully saturated rings. The molecule has 2 rings (SSSR count). The van der Waals surface area contributed by atoms with Crippen LogP contribution in [0.1, 0.15) is 26.7 Å². The summed E-state index contributed by atoms with van der Waals surface area (Å²) in [7, 11) is -2.37. The van der Waals surface area contributed by atoms with Crippen molar-refractivity contribution in [1.29, 1.82) is 0 Å². The van der Waals surface area contributed by atoms with Gasteiger partial charge < -0.3 is 0 Å². The molecule has 1 aromatic carbocycles. The van der Waals surface area contributed by atoms with E-state index in [-0.39, 0.29) is 21.8 Å². The lowest BCUT2D eigenvalue weighted by Crippen LogP contribution is -2.38. The third-order valence-electron chi connectivity index (χ3n) is 3.71. The maximum atomic E-state index is 12.7. The van der Waals surface area contributed by atoms with E-state index in [9.17, 15) is 16.8 Å². The molecule has 1 atom stereocenters. The first-order valence-electron chi connectivity index (χ1n) is 6.70. The van der Waals surface area contributed by atoms with Crippen LogP contribution in [0, 0.1) is 5.92 Å².